The molecule has 6 heteroatoms. The van der Waals surface area contributed by atoms with Gasteiger partial charge < -0.3 is 20.1 Å². The smallest absolute Gasteiger partial charge is 0.315 e. The number of urea groups is 1. The zero-order valence-corrected chi connectivity index (χ0v) is 20.1. The Morgan fingerprint density at radius 2 is 1.84 bits per heavy atom. The van der Waals surface area contributed by atoms with E-state index in [0.717, 1.165) is 37.9 Å². The van der Waals surface area contributed by atoms with E-state index in [4.69, 9.17) is 0 Å². The quantitative estimate of drug-likeness (QED) is 0.476. The molecular formula is C26H34N4OS. The van der Waals surface area contributed by atoms with Crippen LogP contribution in [-0.2, 0) is 19.5 Å². The van der Waals surface area contributed by atoms with E-state index < -0.39 is 0 Å². The number of amides is 2. The van der Waals surface area contributed by atoms with Gasteiger partial charge in [0.25, 0.3) is 0 Å². The number of carbonyl (C=O) groups is 1. The Labute approximate surface area is 195 Å². The molecule has 5 nitrogen and oxygen atoms in total. The lowest BCUT2D eigenvalue weighted by Gasteiger charge is -2.26. The first-order chi connectivity index (χ1) is 15.5. The maximum Gasteiger partial charge on any atom is 0.315 e. The van der Waals surface area contributed by atoms with E-state index in [1.165, 1.54) is 21.0 Å². The molecule has 0 fully saturated rings. The minimum Gasteiger partial charge on any atom is -0.334 e. The highest BCUT2D eigenvalue weighted by molar-refractivity contribution is 7.15. The average molecular weight is 451 g/mol. The van der Waals surface area contributed by atoms with Gasteiger partial charge in [-0.2, -0.15) is 0 Å². The van der Waals surface area contributed by atoms with E-state index in [1.807, 2.05) is 41.7 Å². The van der Waals surface area contributed by atoms with Crippen LogP contribution in [0.2, 0.25) is 0 Å². The summed E-state index contributed by atoms with van der Waals surface area (Å²) in [4.78, 5) is 16.8. The molecule has 170 valence electrons. The summed E-state index contributed by atoms with van der Waals surface area (Å²) in [6, 6.07) is 14.1. The molecule has 0 bridgehead atoms. The number of benzene rings is 1. The van der Waals surface area contributed by atoms with Crippen LogP contribution >= 0.6 is 11.3 Å². The van der Waals surface area contributed by atoms with Crippen LogP contribution in [-0.4, -0.2) is 29.1 Å². The van der Waals surface area contributed by atoms with Gasteiger partial charge in [0.1, 0.15) is 5.00 Å². The van der Waals surface area contributed by atoms with Gasteiger partial charge in [-0.05, 0) is 55.5 Å². The van der Waals surface area contributed by atoms with Gasteiger partial charge in [-0.3, -0.25) is 0 Å². The molecule has 2 amide bonds. The molecule has 32 heavy (non-hydrogen) atoms. The van der Waals surface area contributed by atoms with Crippen LogP contribution in [0.4, 0.5) is 4.79 Å². The highest BCUT2D eigenvalue weighted by Gasteiger charge is 2.29. The molecule has 0 radical (unpaired) electrons. The average Bonchev–Trinajstić information content (AvgIpc) is 3.43. The molecule has 0 saturated heterocycles. The summed E-state index contributed by atoms with van der Waals surface area (Å²) in [5, 5.41) is 7.64. The van der Waals surface area contributed by atoms with Gasteiger partial charge in [-0.15, -0.1) is 11.3 Å². The second-order valence-electron chi connectivity index (χ2n) is 9.14. The Kier molecular flexibility index (Phi) is 7.33. The molecule has 1 aliphatic rings. The number of thiophene rings is 1. The predicted octanol–water partition coefficient (Wildman–Crippen LogP) is 5.50. The number of rotatable bonds is 8. The summed E-state index contributed by atoms with van der Waals surface area (Å²) in [5.41, 5.74) is 3.85. The fourth-order valence-electron chi connectivity index (χ4n) is 4.34. The van der Waals surface area contributed by atoms with Gasteiger partial charge in [0.2, 0.25) is 0 Å². The number of hydrogen-bond donors (Lipinski definition) is 2. The van der Waals surface area contributed by atoms with Crippen molar-refractivity contribution in [2.75, 3.05) is 13.6 Å². The number of nitrogens with one attached hydrogen (secondary N) is 2. The SMILES string of the molecule is CC(C)CC[C@@H](NC(=O)NCc1ccccc1)c1c(-n2cccc2)sc2c1CCN(C)C2. The lowest BCUT2D eigenvalue weighted by Crippen LogP contribution is -2.38. The molecule has 0 unspecified atom stereocenters. The molecule has 1 aromatic carbocycles. The Hall–Kier alpha value is -2.57. The van der Waals surface area contributed by atoms with E-state index in [-0.39, 0.29) is 12.1 Å². The number of likely N-dealkylation sites (N-methyl/N-ethyl adjacent to an activating group) is 1. The fourth-order valence-corrected chi connectivity index (χ4v) is 5.79. The summed E-state index contributed by atoms with van der Waals surface area (Å²) in [6.07, 6.45) is 7.26. The van der Waals surface area contributed by atoms with E-state index >= 15 is 0 Å². The van der Waals surface area contributed by atoms with Crippen molar-refractivity contribution in [1.82, 2.24) is 20.1 Å². The fraction of sp³-hybridized carbons (Fsp3) is 0.423. The Morgan fingerprint density at radius 1 is 1.09 bits per heavy atom. The number of nitrogens with zero attached hydrogens (tertiary/aromatic N) is 2. The lowest BCUT2D eigenvalue weighted by molar-refractivity contribution is 0.235. The Bertz CT molecular complexity index is 1010. The van der Waals surface area contributed by atoms with Crippen LogP contribution in [0.3, 0.4) is 0 Å². The van der Waals surface area contributed by atoms with Gasteiger partial charge in [0.05, 0.1) is 6.04 Å². The summed E-state index contributed by atoms with van der Waals surface area (Å²) >= 11 is 1.87. The minimum absolute atomic E-state index is 0.00557. The third kappa shape index (κ3) is 5.43. The summed E-state index contributed by atoms with van der Waals surface area (Å²) in [6.45, 7) is 7.06. The van der Waals surface area contributed by atoms with Crippen molar-refractivity contribution in [1.29, 1.82) is 0 Å². The molecule has 1 aliphatic heterocycles. The van der Waals surface area contributed by atoms with Gasteiger partial charge in [-0.1, -0.05) is 44.2 Å². The van der Waals surface area contributed by atoms with Crippen molar-refractivity contribution in [3.8, 4) is 5.00 Å². The standard InChI is InChI=1S/C26H34N4OS/c1-19(2)11-12-22(28-26(31)27-17-20-9-5-4-6-10-20)24-21-13-16-29(3)18-23(21)32-25(24)30-14-7-8-15-30/h4-10,14-15,19,22H,11-13,16-18H2,1-3H3,(H2,27,28,31)/t22-/m1/s1. The molecule has 0 spiro atoms. The lowest BCUT2D eigenvalue weighted by atomic mass is 9.93. The van der Waals surface area contributed by atoms with Crippen molar-refractivity contribution in [3.05, 3.63) is 76.4 Å². The van der Waals surface area contributed by atoms with Crippen LogP contribution in [0.1, 0.15) is 54.3 Å². The maximum atomic E-state index is 13.0. The number of fused-ring (bicyclic) bond motifs is 1. The molecular weight excluding hydrogens is 416 g/mol. The third-order valence-corrected chi connectivity index (χ3v) is 7.34. The van der Waals surface area contributed by atoms with E-state index in [9.17, 15) is 4.79 Å². The first-order valence-electron chi connectivity index (χ1n) is 11.6. The van der Waals surface area contributed by atoms with Crippen LogP contribution < -0.4 is 10.6 Å². The minimum atomic E-state index is -0.103. The largest absolute Gasteiger partial charge is 0.334 e. The first-order valence-corrected chi connectivity index (χ1v) is 12.4. The van der Waals surface area contributed by atoms with E-state index in [0.29, 0.717) is 12.5 Å². The second kappa shape index (κ2) is 10.4. The van der Waals surface area contributed by atoms with Gasteiger partial charge in [0, 0.05) is 42.5 Å². The molecule has 0 saturated carbocycles. The molecule has 4 rings (SSSR count). The van der Waals surface area contributed by atoms with E-state index in [2.05, 4.69) is 65.5 Å². The molecule has 2 N–H and O–H groups in total. The molecule has 0 aliphatic carbocycles. The zero-order valence-electron chi connectivity index (χ0n) is 19.3. The number of hydrogen-bond acceptors (Lipinski definition) is 3. The highest BCUT2D eigenvalue weighted by Crippen LogP contribution is 2.40. The first kappa shape index (κ1) is 22.6. The Morgan fingerprint density at radius 3 is 2.56 bits per heavy atom. The van der Waals surface area contributed by atoms with Crippen LogP contribution in [0.15, 0.2) is 54.9 Å². The van der Waals surface area contributed by atoms with Crippen LogP contribution in [0.5, 0.6) is 0 Å². The van der Waals surface area contributed by atoms with E-state index in [1.54, 1.807) is 0 Å². The van der Waals surface area contributed by atoms with Crippen molar-refractivity contribution >= 4 is 17.4 Å². The highest BCUT2D eigenvalue weighted by atomic mass is 32.1. The normalized spacial score (nSPS) is 14.9. The number of aromatic nitrogens is 1. The van der Waals surface area contributed by atoms with Gasteiger partial charge >= 0.3 is 6.03 Å². The third-order valence-electron chi connectivity index (χ3n) is 6.09. The second-order valence-corrected chi connectivity index (χ2v) is 10.2. The molecule has 2 aromatic heterocycles. The molecule has 1 atom stereocenters. The zero-order chi connectivity index (χ0) is 22.5. The molecule has 3 aromatic rings. The summed E-state index contributed by atoms with van der Waals surface area (Å²) in [5.74, 6) is 0.585. The van der Waals surface area contributed by atoms with Crippen molar-refractivity contribution in [3.63, 3.8) is 0 Å². The maximum absolute atomic E-state index is 13.0. The van der Waals surface area contributed by atoms with Gasteiger partial charge in [-0.25, -0.2) is 4.79 Å². The van der Waals surface area contributed by atoms with Crippen LogP contribution in [0, 0.1) is 5.92 Å². The van der Waals surface area contributed by atoms with Gasteiger partial charge in [0.15, 0.2) is 0 Å². The summed E-state index contributed by atoms with van der Waals surface area (Å²) in [7, 11) is 2.18. The summed E-state index contributed by atoms with van der Waals surface area (Å²) < 4.78 is 2.21. The Balaban J connectivity index is 1.61. The van der Waals surface area contributed by atoms with Crippen molar-refractivity contribution in [2.45, 2.75) is 52.2 Å². The monoisotopic (exact) mass is 450 g/mol. The molecule has 3 heterocycles. The van der Waals surface area contributed by atoms with Crippen LogP contribution in [0.25, 0.3) is 5.00 Å². The van der Waals surface area contributed by atoms with Crippen molar-refractivity contribution < 1.29 is 4.79 Å². The van der Waals surface area contributed by atoms with Crippen molar-refractivity contribution in [2.24, 2.45) is 5.92 Å². The topological polar surface area (TPSA) is 49.3 Å². The number of carbonyl (C=O) groups excluding carboxylic acids is 1. The predicted molar refractivity (Wildman–Crippen MR) is 132 cm³/mol.